The van der Waals surface area contributed by atoms with Gasteiger partial charge in [0.15, 0.2) is 0 Å². The van der Waals surface area contributed by atoms with Crippen LogP contribution >= 0.6 is 15.9 Å². The summed E-state index contributed by atoms with van der Waals surface area (Å²) >= 11 is 3.78. The molecule has 2 heteroatoms. The Balaban J connectivity index is 1.90. The number of hydrogen-bond acceptors (Lipinski definition) is 1. The first-order valence-corrected chi connectivity index (χ1v) is 5.49. The summed E-state index contributed by atoms with van der Waals surface area (Å²) in [6.45, 7) is 2.11. The van der Waals surface area contributed by atoms with E-state index in [0.29, 0.717) is 0 Å². The molecule has 11 heavy (non-hydrogen) atoms. The van der Waals surface area contributed by atoms with E-state index < -0.39 is 0 Å². The van der Waals surface area contributed by atoms with Gasteiger partial charge in [0, 0.05) is 4.83 Å². The quantitative estimate of drug-likeness (QED) is 0.564. The zero-order valence-corrected chi connectivity index (χ0v) is 8.09. The van der Waals surface area contributed by atoms with Crippen molar-refractivity contribution in [3.05, 3.63) is 0 Å². The summed E-state index contributed by atoms with van der Waals surface area (Å²) in [5.74, 6) is 3.80. The fourth-order valence-corrected chi connectivity index (χ4v) is 4.45. The second-order valence-corrected chi connectivity index (χ2v) is 5.45. The van der Waals surface area contributed by atoms with E-state index in [2.05, 4.69) is 15.9 Å². The van der Waals surface area contributed by atoms with Crippen molar-refractivity contribution in [3.8, 4) is 0 Å². The predicted molar refractivity (Wildman–Crippen MR) is 46.7 cm³/mol. The van der Waals surface area contributed by atoms with Crippen LogP contribution in [0.25, 0.3) is 0 Å². The lowest BCUT2D eigenvalue weighted by molar-refractivity contribution is 0.164. The third-order valence-corrected chi connectivity index (χ3v) is 4.95. The summed E-state index contributed by atoms with van der Waals surface area (Å²) in [5.41, 5.74) is 0. The smallest absolute Gasteiger partial charge is 0.0501 e. The standard InChI is InChI=1S/C9H13BrO/c10-9-2-5-1-6(9)8-4-11-3-7(5)8/h5-9H,1-4H2/t5-,6+,7-,8+,9-/m1/s1. The van der Waals surface area contributed by atoms with Crippen LogP contribution in [0.3, 0.4) is 0 Å². The highest BCUT2D eigenvalue weighted by Crippen LogP contribution is 2.56. The summed E-state index contributed by atoms with van der Waals surface area (Å²) in [4.78, 5) is 0.815. The lowest BCUT2D eigenvalue weighted by Crippen LogP contribution is -2.26. The van der Waals surface area contributed by atoms with Gasteiger partial charge in [-0.15, -0.1) is 0 Å². The van der Waals surface area contributed by atoms with Gasteiger partial charge in [-0.2, -0.15) is 0 Å². The molecule has 0 unspecified atom stereocenters. The highest BCUT2D eigenvalue weighted by molar-refractivity contribution is 9.09. The van der Waals surface area contributed by atoms with Gasteiger partial charge in [-0.1, -0.05) is 15.9 Å². The van der Waals surface area contributed by atoms with Gasteiger partial charge in [0.25, 0.3) is 0 Å². The summed E-state index contributed by atoms with van der Waals surface area (Å²) in [5, 5.41) is 0. The molecule has 1 aliphatic heterocycles. The number of halogens is 1. The van der Waals surface area contributed by atoms with E-state index in [1.165, 1.54) is 12.8 Å². The van der Waals surface area contributed by atoms with E-state index in [1.807, 2.05) is 0 Å². The minimum atomic E-state index is 0.815. The molecule has 0 N–H and O–H groups in total. The van der Waals surface area contributed by atoms with E-state index in [1.54, 1.807) is 0 Å². The van der Waals surface area contributed by atoms with Crippen LogP contribution in [0.5, 0.6) is 0 Å². The largest absolute Gasteiger partial charge is 0.381 e. The Hall–Kier alpha value is 0.440. The van der Waals surface area contributed by atoms with Gasteiger partial charge >= 0.3 is 0 Å². The molecule has 62 valence electrons. The van der Waals surface area contributed by atoms with E-state index in [9.17, 15) is 0 Å². The lowest BCUT2D eigenvalue weighted by atomic mass is 9.82. The van der Waals surface area contributed by atoms with Crippen molar-refractivity contribution in [2.45, 2.75) is 17.7 Å². The lowest BCUT2D eigenvalue weighted by Gasteiger charge is -2.26. The first-order valence-electron chi connectivity index (χ1n) is 4.58. The topological polar surface area (TPSA) is 9.23 Å². The SMILES string of the molecule is Br[C@@H]1C[C@H]2C[C@H]1[C@@H]1COC[C@H]21. The van der Waals surface area contributed by atoms with Gasteiger partial charge in [-0.25, -0.2) is 0 Å². The Morgan fingerprint density at radius 1 is 1.00 bits per heavy atom. The van der Waals surface area contributed by atoms with Gasteiger partial charge < -0.3 is 4.74 Å². The van der Waals surface area contributed by atoms with Crippen molar-refractivity contribution in [1.29, 1.82) is 0 Å². The number of hydrogen-bond donors (Lipinski definition) is 0. The number of fused-ring (bicyclic) bond motifs is 5. The Morgan fingerprint density at radius 3 is 2.73 bits per heavy atom. The van der Waals surface area contributed by atoms with Crippen molar-refractivity contribution >= 4 is 15.9 Å². The van der Waals surface area contributed by atoms with E-state index >= 15 is 0 Å². The average molecular weight is 217 g/mol. The van der Waals surface area contributed by atoms with Crippen LogP contribution in [0.15, 0.2) is 0 Å². The normalized spacial score (nSPS) is 60.3. The number of ether oxygens (including phenoxy) is 1. The summed E-state index contributed by atoms with van der Waals surface area (Å²) < 4.78 is 5.52. The molecule has 3 rings (SSSR count). The van der Waals surface area contributed by atoms with E-state index in [-0.39, 0.29) is 0 Å². The zero-order valence-electron chi connectivity index (χ0n) is 6.50. The van der Waals surface area contributed by atoms with Gasteiger partial charge in [0.2, 0.25) is 0 Å². The van der Waals surface area contributed by atoms with Crippen molar-refractivity contribution in [1.82, 2.24) is 0 Å². The van der Waals surface area contributed by atoms with Crippen LogP contribution in [0.1, 0.15) is 12.8 Å². The maximum atomic E-state index is 5.52. The third-order valence-electron chi connectivity index (χ3n) is 3.89. The van der Waals surface area contributed by atoms with Gasteiger partial charge in [-0.3, -0.25) is 0 Å². The summed E-state index contributed by atoms with van der Waals surface area (Å²) in [6, 6.07) is 0. The summed E-state index contributed by atoms with van der Waals surface area (Å²) in [7, 11) is 0. The number of rotatable bonds is 0. The van der Waals surface area contributed by atoms with Gasteiger partial charge in [-0.05, 0) is 36.5 Å². The molecule has 3 aliphatic rings. The number of alkyl halides is 1. The molecule has 0 amide bonds. The average Bonchev–Trinajstić information content (AvgIpc) is 2.52. The maximum absolute atomic E-state index is 5.52. The van der Waals surface area contributed by atoms with Crippen LogP contribution < -0.4 is 0 Å². The molecule has 5 atom stereocenters. The van der Waals surface area contributed by atoms with Gasteiger partial charge in [0.05, 0.1) is 13.2 Å². The molecule has 0 aromatic carbocycles. The highest BCUT2D eigenvalue weighted by atomic mass is 79.9. The van der Waals surface area contributed by atoms with Gasteiger partial charge in [0.1, 0.15) is 0 Å². The van der Waals surface area contributed by atoms with Crippen LogP contribution in [0.2, 0.25) is 0 Å². The maximum Gasteiger partial charge on any atom is 0.0501 e. The van der Waals surface area contributed by atoms with Crippen molar-refractivity contribution in [2.75, 3.05) is 13.2 Å². The Morgan fingerprint density at radius 2 is 1.82 bits per heavy atom. The first kappa shape index (κ1) is 6.90. The molecule has 0 aromatic heterocycles. The molecule has 1 saturated heterocycles. The summed E-state index contributed by atoms with van der Waals surface area (Å²) in [6.07, 6.45) is 2.89. The fourth-order valence-electron chi connectivity index (χ4n) is 3.36. The molecule has 0 aromatic rings. The molecule has 2 aliphatic carbocycles. The molecular weight excluding hydrogens is 204 g/mol. The molecule has 2 bridgehead atoms. The third kappa shape index (κ3) is 0.803. The van der Waals surface area contributed by atoms with E-state index in [4.69, 9.17) is 4.74 Å². The molecule has 0 radical (unpaired) electrons. The van der Waals surface area contributed by atoms with Crippen molar-refractivity contribution in [2.24, 2.45) is 23.7 Å². The van der Waals surface area contributed by atoms with E-state index in [0.717, 1.165) is 41.7 Å². The van der Waals surface area contributed by atoms with Crippen LogP contribution in [-0.4, -0.2) is 18.0 Å². The zero-order chi connectivity index (χ0) is 7.42. The Bertz CT molecular complexity index is 182. The molecule has 1 nitrogen and oxygen atoms in total. The fraction of sp³-hybridized carbons (Fsp3) is 1.00. The van der Waals surface area contributed by atoms with Crippen molar-refractivity contribution < 1.29 is 4.74 Å². The van der Waals surface area contributed by atoms with Crippen molar-refractivity contribution in [3.63, 3.8) is 0 Å². The molecular formula is C9H13BrO. The molecule has 2 saturated carbocycles. The van der Waals surface area contributed by atoms with Crippen LogP contribution in [-0.2, 0) is 4.74 Å². The Labute approximate surface area is 75.6 Å². The predicted octanol–water partition coefficient (Wildman–Crippen LogP) is 2.05. The second kappa shape index (κ2) is 2.23. The molecule has 1 heterocycles. The highest BCUT2D eigenvalue weighted by Gasteiger charge is 2.53. The molecule has 0 spiro atoms. The van der Waals surface area contributed by atoms with Crippen LogP contribution in [0, 0.1) is 23.7 Å². The molecule has 3 fully saturated rings. The van der Waals surface area contributed by atoms with Crippen LogP contribution in [0.4, 0.5) is 0 Å². The first-order chi connectivity index (χ1) is 5.36. The Kier molecular flexibility index (Phi) is 1.40. The minimum Gasteiger partial charge on any atom is -0.381 e. The monoisotopic (exact) mass is 216 g/mol. The minimum absolute atomic E-state index is 0.815. The second-order valence-electron chi connectivity index (χ2n) is 4.28.